The SMILES string of the molecule is C=CC(=O)N1CCN(c2c(C#N)c(OCCCN3CCOCC3)nc3c2CCN(c2c(O)ccc(F)c2F)C3)C[C@@H]1CC#N. The Morgan fingerprint density at radius 2 is 1.95 bits per heavy atom. The van der Waals surface area contributed by atoms with Crippen LogP contribution >= 0.6 is 0 Å². The summed E-state index contributed by atoms with van der Waals surface area (Å²) < 4.78 is 40.5. The minimum absolute atomic E-state index is 0.0443. The van der Waals surface area contributed by atoms with Crippen LogP contribution in [0.2, 0.25) is 0 Å². The van der Waals surface area contributed by atoms with Gasteiger partial charge in [-0.2, -0.15) is 10.5 Å². The lowest BCUT2D eigenvalue weighted by Crippen LogP contribution is -2.55. The molecule has 2 aromatic rings. The number of anilines is 2. The van der Waals surface area contributed by atoms with Gasteiger partial charge in [-0.1, -0.05) is 6.58 Å². The largest absolute Gasteiger partial charge is 0.506 e. The molecule has 0 unspecified atom stereocenters. The van der Waals surface area contributed by atoms with Crippen molar-refractivity contribution >= 4 is 17.3 Å². The summed E-state index contributed by atoms with van der Waals surface area (Å²) in [4.78, 5) is 24.7. The zero-order chi connectivity index (χ0) is 31.2. The standard InChI is InChI=1S/C31H35F2N7O4/c1-2-27(42)40-12-11-39(19-21(40)6-8-34)29-22-7-10-38(30-26(41)5-4-24(32)28(30)33)20-25(22)36-31(23(29)18-35)44-15-3-9-37-13-16-43-17-14-37/h2,4-5,21,41H,1,3,6-7,9-17,19-20H2/t21-/m0/s1. The Hall–Kier alpha value is -4.46. The average Bonchev–Trinajstić information content (AvgIpc) is 3.04. The number of halogens is 2. The van der Waals surface area contributed by atoms with E-state index in [0.29, 0.717) is 63.7 Å². The number of aromatic nitrogens is 1. The fraction of sp³-hybridized carbons (Fsp3) is 0.484. The van der Waals surface area contributed by atoms with E-state index in [1.54, 1.807) is 4.90 Å². The number of carbonyl (C=O) groups excluding carboxylic acids is 1. The Labute approximate surface area is 255 Å². The molecule has 0 aliphatic carbocycles. The number of phenols is 1. The van der Waals surface area contributed by atoms with Crippen molar-refractivity contribution < 1.29 is 28.2 Å². The smallest absolute Gasteiger partial charge is 0.246 e. The third-order valence-electron chi connectivity index (χ3n) is 8.31. The number of aromatic hydroxyl groups is 1. The highest BCUT2D eigenvalue weighted by Crippen LogP contribution is 2.40. The topological polar surface area (TPSA) is 129 Å². The second-order valence-electron chi connectivity index (χ2n) is 10.9. The van der Waals surface area contributed by atoms with E-state index < -0.39 is 17.7 Å². The van der Waals surface area contributed by atoms with Crippen LogP contribution in [0.5, 0.6) is 11.6 Å². The molecule has 5 rings (SSSR count). The molecule has 232 valence electrons. The Balaban J connectivity index is 1.48. The molecule has 1 N–H and O–H groups in total. The highest BCUT2D eigenvalue weighted by atomic mass is 19.2. The number of rotatable bonds is 9. The number of fused-ring (bicyclic) bond motifs is 1. The summed E-state index contributed by atoms with van der Waals surface area (Å²) in [6.45, 7) is 9.04. The molecule has 3 aliphatic heterocycles. The minimum atomic E-state index is -1.15. The van der Waals surface area contributed by atoms with Crippen LogP contribution in [0.1, 0.15) is 29.7 Å². The van der Waals surface area contributed by atoms with Crippen molar-refractivity contribution in [3.63, 3.8) is 0 Å². The minimum Gasteiger partial charge on any atom is -0.506 e. The van der Waals surface area contributed by atoms with Crippen molar-refractivity contribution in [2.45, 2.75) is 31.8 Å². The summed E-state index contributed by atoms with van der Waals surface area (Å²) in [5, 5.41) is 30.3. The van der Waals surface area contributed by atoms with Crippen LogP contribution in [-0.2, 0) is 22.5 Å². The molecule has 1 atom stereocenters. The van der Waals surface area contributed by atoms with Crippen molar-refractivity contribution in [3.8, 4) is 23.8 Å². The van der Waals surface area contributed by atoms with E-state index >= 15 is 0 Å². The van der Waals surface area contributed by atoms with Crippen molar-refractivity contribution in [2.24, 2.45) is 0 Å². The van der Waals surface area contributed by atoms with Gasteiger partial charge in [-0.25, -0.2) is 13.8 Å². The van der Waals surface area contributed by atoms with Crippen LogP contribution in [0, 0.1) is 34.3 Å². The van der Waals surface area contributed by atoms with E-state index in [-0.39, 0.29) is 48.3 Å². The van der Waals surface area contributed by atoms with Gasteiger partial charge in [0.2, 0.25) is 11.8 Å². The number of carbonyl (C=O) groups is 1. The van der Waals surface area contributed by atoms with Gasteiger partial charge in [0.25, 0.3) is 0 Å². The van der Waals surface area contributed by atoms with E-state index in [4.69, 9.17) is 14.5 Å². The Kier molecular flexibility index (Phi) is 9.78. The third-order valence-corrected chi connectivity index (χ3v) is 8.31. The number of ether oxygens (including phenoxy) is 2. The van der Waals surface area contributed by atoms with E-state index in [2.05, 4.69) is 23.6 Å². The van der Waals surface area contributed by atoms with Gasteiger partial charge >= 0.3 is 0 Å². The van der Waals surface area contributed by atoms with Crippen molar-refractivity contribution in [2.75, 3.05) is 75.4 Å². The normalized spacial score (nSPS) is 18.7. The summed E-state index contributed by atoms with van der Waals surface area (Å²) in [5.41, 5.74) is 1.88. The second-order valence-corrected chi connectivity index (χ2v) is 10.9. The number of nitrogens with zero attached hydrogens (tertiary/aromatic N) is 7. The number of hydrogen-bond donors (Lipinski definition) is 1. The molecule has 0 saturated carbocycles. The molecule has 2 saturated heterocycles. The third kappa shape index (κ3) is 6.39. The molecule has 1 aromatic carbocycles. The number of benzene rings is 1. The van der Waals surface area contributed by atoms with Crippen molar-refractivity contribution in [3.05, 3.63) is 53.2 Å². The summed E-state index contributed by atoms with van der Waals surface area (Å²) in [6.07, 6.45) is 2.35. The zero-order valence-corrected chi connectivity index (χ0v) is 24.5. The second kappa shape index (κ2) is 13.9. The first-order chi connectivity index (χ1) is 21.4. The number of pyridine rings is 1. The fourth-order valence-corrected chi connectivity index (χ4v) is 6.14. The Morgan fingerprint density at radius 3 is 2.68 bits per heavy atom. The molecule has 0 bridgehead atoms. The highest BCUT2D eigenvalue weighted by molar-refractivity contribution is 5.87. The molecule has 13 heteroatoms. The molecule has 11 nitrogen and oxygen atoms in total. The molecular weight excluding hydrogens is 572 g/mol. The van der Waals surface area contributed by atoms with Gasteiger partial charge in [-0.3, -0.25) is 9.69 Å². The van der Waals surface area contributed by atoms with Gasteiger partial charge in [0, 0.05) is 51.4 Å². The molecule has 2 fully saturated rings. The van der Waals surface area contributed by atoms with Crippen molar-refractivity contribution in [1.82, 2.24) is 14.8 Å². The van der Waals surface area contributed by atoms with E-state index in [1.165, 1.54) is 11.0 Å². The number of amides is 1. The number of nitriles is 2. The van der Waals surface area contributed by atoms with Crippen LogP contribution in [0.15, 0.2) is 24.8 Å². The molecule has 44 heavy (non-hydrogen) atoms. The van der Waals surface area contributed by atoms with Gasteiger partial charge in [-0.05, 0) is 31.1 Å². The highest BCUT2D eigenvalue weighted by Gasteiger charge is 2.35. The number of hydrogen-bond acceptors (Lipinski definition) is 10. The molecule has 0 radical (unpaired) electrons. The van der Waals surface area contributed by atoms with E-state index in [1.807, 2.05) is 4.90 Å². The average molecular weight is 608 g/mol. The first-order valence-corrected chi connectivity index (χ1v) is 14.7. The summed E-state index contributed by atoms with van der Waals surface area (Å²) >= 11 is 0. The van der Waals surface area contributed by atoms with Crippen LogP contribution in [0.3, 0.4) is 0 Å². The monoisotopic (exact) mass is 607 g/mol. The van der Waals surface area contributed by atoms with Crippen molar-refractivity contribution in [1.29, 1.82) is 10.5 Å². The summed E-state index contributed by atoms with van der Waals surface area (Å²) in [6, 6.07) is 6.00. The van der Waals surface area contributed by atoms with Gasteiger partial charge in [0.1, 0.15) is 23.1 Å². The maximum absolute atomic E-state index is 14.8. The van der Waals surface area contributed by atoms with Gasteiger partial charge in [0.15, 0.2) is 11.6 Å². The lowest BCUT2D eigenvalue weighted by atomic mass is 9.96. The van der Waals surface area contributed by atoms with Crippen LogP contribution in [-0.4, -0.2) is 97.5 Å². The first kappa shape index (κ1) is 31.0. The van der Waals surface area contributed by atoms with Gasteiger partial charge in [-0.15, -0.1) is 0 Å². The van der Waals surface area contributed by atoms with Crippen LogP contribution in [0.25, 0.3) is 0 Å². The Bertz CT molecular complexity index is 1490. The molecule has 1 aromatic heterocycles. The molecule has 4 heterocycles. The van der Waals surface area contributed by atoms with Crippen LogP contribution < -0.4 is 14.5 Å². The lowest BCUT2D eigenvalue weighted by Gasteiger charge is -2.43. The summed E-state index contributed by atoms with van der Waals surface area (Å²) in [7, 11) is 0. The number of piperazine rings is 1. The summed E-state index contributed by atoms with van der Waals surface area (Å²) in [5.74, 6) is -2.74. The maximum Gasteiger partial charge on any atom is 0.246 e. The lowest BCUT2D eigenvalue weighted by molar-refractivity contribution is -0.128. The predicted octanol–water partition coefficient (Wildman–Crippen LogP) is 2.72. The zero-order valence-electron chi connectivity index (χ0n) is 24.5. The first-order valence-electron chi connectivity index (χ1n) is 14.7. The Morgan fingerprint density at radius 1 is 1.16 bits per heavy atom. The molecule has 3 aliphatic rings. The molecule has 0 spiro atoms. The molecule has 1 amide bonds. The molecular formula is C31H35F2N7O4. The van der Waals surface area contributed by atoms with Gasteiger partial charge < -0.3 is 29.3 Å². The fourth-order valence-electron chi connectivity index (χ4n) is 6.14. The van der Waals surface area contributed by atoms with E-state index in [0.717, 1.165) is 37.3 Å². The number of phenolic OH excluding ortho intramolecular Hbond substituents is 1. The predicted molar refractivity (Wildman–Crippen MR) is 157 cm³/mol. The quantitative estimate of drug-likeness (QED) is 0.336. The van der Waals surface area contributed by atoms with E-state index in [9.17, 15) is 29.2 Å². The maximum atomic E-state index is 14.8. The number of morpholine rings is 1. The van der Waals surface area contributed by atoms with Crippen LogP contribution in [0.4, 0.5) is 20.2 Å². The van der Waals surface area contributed by atoms with Gasteiger partial charge in [0.05, 0.1) is 56.3 Å².